The van der Waals surface area contributed by atoms with Crippen LogP contribution < -0.4 is 0 Å². The zero-order chi connectivity index (χ0) is 9.14. The minimum Gasteiger partial charge on any atom is -0.506 e. The van der Waals surface area contributed by atoms with E-state index >= 15 is 0 Å². The Hall–Kier alpha value is -0.611. The van der Waals surface area contributed by atoms with Crippen LogP contribution in [0, 0.1) is 6.92 Å². The van der Waals surface area contributed by atoms with Gasteiger partial charge in [0.05, 0.1) is 18.9 Å². The van der Waals surface area contributed by atoms with Crippen molar-refractivity contribution in [1.82, 2.24) is 4.98 Å². The van der Waals surface area contributed by atoms with Gasteiger partial charge in [0.1, 0.15) is 5.75 Å². The molecule has 0 aromatic carbocycles. The Kier molecular flexibility index (Phi) is 4.95. The van der Waals surface area contributed by atoms with E-state index in [0.717, 1.165) is 0 Å². The number of aliphatic hydroxyl groups excluding tert-OH is 2. The van der Waals surface area contributed by atoms with Gasteiger partial charge in [0.2, 0.25) is 0 Å². The van der Waals surface area contributed by atoms with Crippen molar-refractivity contribution in [3.63, 3.8) is 0 Å². The largest absolute Gasteiger partial charge is 0.506 e. The minimum atomic E-state index is -0.287. The molecule has 0 saturated carbocycles. The van der Waals surface area contributed by atoms with Gasteiger partial charge in [0.15, 0.2) is 0 Å². The molecule has 3 N–H and O–H groups in total. The van der Waals surface area contributed by atoms with Crippen LogP contribution in [-0.2, 0) is 30.3 Å². The number of nitrogens with zero attached hydrogens (tertiary/aromatic N) is 1. The third kappa shape index (κ3) is 2.42. The molecule has 0 fully saturated rings. The quantitative estimate of drug-likeness (QED) is 0.632. The van der Waals surface area contributed by atoms with Gasteiger partial charge in [-0.05, 0) is 6.92 Å². The van der Waals surface area contributed by atoms with E-state index in [2.05, 4.69) is 4.98 Å². The molecule has 0 aliphatic carbocycles. The van der Waals surface area contributed by atoms with Crippen LogP contribution >= 0.6 is 0 Å². The SMILES string of the molecule is Cc1ncc(CO)c(CO)c1O.[Cu]. The molecule has 1 aromatic rings. The zero-order valence-electron chi connectivity index (χ0n) is 7.08. The molecule has 0 aliphatic rings. The third-order valence-electron chi connectivity index (χ3n) is 1.76. The summed E-state index contributed by atoms with van der Waals surface area (Å²) in [6.45, 7) is 1.12. The van der Waals surface area contributed by atoms with Crippen molar-refractivity contribution in [1.29, 1.82) is 0 Å². The Labute approximate surface area is 86.7 Å². The Morgan fingerprint density at radius 2 is 1.92 bits per heavy atom. The molecule has 1 aromatic heterocycles. The van der Waals surface area contributed by atoms with E-state index in [0.29, 0.717) is 16.8 Å². The molecule has 0 aliphatic heterocycles. The Morgan fingerprint density at radius 1 is 1.31 bits per heavy atom. The first-order chi connectivity index (χ1) is 5.70. The summed E-state index contributed by atoms with van der Waals surface area (Å²) >= 11 is 0. The molecule has 1 rings (SSSR count). The van der Waals surface area contributed by atoms with Gasteiger partial charge in [0, 0.05) is 34.4 Å². The fourth-order valence-corrected chi connectivity index (χ4v) is 0.997. The molecule has 13 heavy (non-hydrogen) atoms. The van der Waals surface area contributed by atoms with Gasteiger partial charge < -0.3 is 15.3 Å². The van der Waals surface area contributed by atoms with Gasteiger partial charge >= 0.3 is 0 Å². The Bertz CT molecular complexity index is 291. The number of aliphatic hydroxyl groups is 2. The van der Waals surface area contributed by atoms with Crippen LogP contribution in [0.5, 0.6) is 5.75 Å². The smallest absolute Gasteiger partial charge is 0.142 e. The molecule has 1 radical (unpaired) electrons. The average Bonchev–Trinajstić information content (AvgIpc) is 2.09. The first kappa shape index (κ1) is 12.4. The van der Waals surface area contributed by atoms with Gasteiger partial charge in [-0.1, -0.05) is 0 Å². The number of pyridine rings is 1. The van der Waals surface area contributed by atoms with Crippen molar-refractivity contribution in [3.05, 3.63) is 23.0 Å². The average molecular weight is 233 g/mol. The van der Waals surface area contributed by atoms with Crippen molar-refractivity contribution in [3.8, 4) is 5.75 Å². The first-order valence-corrected chi connectivity index (χ1v) is 3.58. The van der Waals surface area contributed by atoms with Crippen molar-refractivity contribution < 1.29 is 32.4 Å². The van der Waals surface area contributed by atoms with Crippen LogP contribution in [0.1, 0.15) is 16.8 Å². The normalized spacial score (nSPS) is 9.46. The molecule has 0 saturated heterocycles. The molecule has 0 spiro atoms. The topological polar surface area (TPSA) is 73.6 Å². The second-order valence-electron chi connectivity index (χ2n) is 2.51. The maximum Gasteiger partial charge on any atom is 0.142 e. The van der Waals surface area contributed by atoms with E-state index in [9.17, 15) is 5.11 Å². The summed E-state index contributed by atoms with van der Waals surface area (Å²) in [5.74, 6) is -0.0379. The Morgan fingerprint density at radius 3 is 2.38 bits per heavy atom. The van der Waals surface area contributed by atoms with Crippen LogP contribution in [0.2, 0.25) is 0 Å². The van der Waals surface area contributed by atoms with Crippen LogP contribution in [0.4, 0.5) is 0 Å². The number of rotatable bonds is 2. The number of hydrogen-bond donors (Lipinski definition) is 3. The summed E-state index contributed by atoms with van der Waals surface area (Å²) in [5.41, 5.74) is 1.27. The number of aromatic hydroxyl groups is 1. The van der Waals surface area contributed by atoms with Crippen molar-refractivity contribution >= 4 is 0 Å². The fraction of sp³-hybridized carbons (Fsp3) is 0.375. The van der Waals surface area contributed by atoms with E-state index in [1.807, 2.05) is 0 Å². The molecular weight excluding hydrogens is 222 g/mol. The maximum atomic E-state index is 9.38. The standard InChI is InChI=1S/C8H11NO3.Cu/c1-5-8(12)7(4-11)6(3-10)2-9-5;/h2,10-12H,3-4H2,1H3;. The van der Waals surface area contributed by atoms with Crippen LogP contribution in [0.3, 0.4) is 0 Å². The monoisotopic (exact) mass is 232 g/mol. The predicted molar refractivity (Wildman–Crippen MR) is 42.5 cm³/mol. The summed E-state index contributed by atoms with van der Waals surface area (Å²) in [7, 11) is 0. The summed E-state index contributed by atoms with van der Waals surface area (Å²) in [6.07, 6.45) is 1.45. The van der Waals surface area contributed by atoms with Gasteiger partial charge in [-0.15, -0.1) is 0 Å². The van der Waals surface area contributed by atoms with Crippen LogP contribution in [-0.4, -0.2) is 20.3 Å². The molecule has 0 amide bonds. The summed E-state index contributed by atoms with van der Waals surface area (Å²) in [5, 5.41) is 27.0. The van der Waals surface area contributed by atoms with Gasteiger partial charge in [-0.2, -0.15) is 0 Å². The zero-order valence-corrected chi connectivity index (χ0v) is 8.02. The maximum absolute atomic E-state index is 9.38. The molecule has 0 bridgehead atoms. The molecule has 1 heterocycles. The number of aryl methyl sites for hydroxylation is 1. The van der Waals surface area contributed by atoms with Crippen LogP contribution in [0.15, 0.2) is 6.20 Å². The van der Waals surface area contributed by atoms with Crippen molar-refractivity contribution in [2.24, 2.45) is 0 Å². The van der Waals surface area contributed by atoms with E-state index in [1.54, 1.807) is 6.92 Å². The van der Waals surface area contributed by atoms with E-state index in [-0.39, 0.29) is 36.0 Å². The Balaban J connectivity index is 0.00000144. The molecule has 5 heteroatoms. The second-order valence-corrected chi connectivity index (χ2v) is 2.51. The number of aromatic nitrogens is 1. The predicted octanol–water partition coefficient (Wildman–Crippen LogP) is 0.0777. The summed E-state index contributed by atoms with van der Waals surface area (Å²) in [6, 6.07) is 0. The molecule has 77 valence electrons. The van der Waals surface area contributed by atoms with Crippen molar-refractivity contribution in [2.75, 3.05) is 0 Å². The minimum absolute atomic E-state index is 0. The van der Waals surface area contributed by atoms with E-state index < -0.39 is 0 Å². The van der Waals surface area contributed by atoms with E-state index in [4.69, 9.17) is 10.2 Å². The second kappa shape index (κ2) is 5.19. The number of hydrogen-bond acceptors (Lipinski definition) is 4. The van der Waals surface area contributed by atoms with Gasteiger partial charge in [-0.3, -0.25) is 4.98 Å². The molecule has 4 nitrogen and oxygen atoms in total. The molecule has 0 atom stereocenters. The van der Waals surface area contributed by atoms with E-state index in [1.165, 1.54) is 6.20 Å². The summed E-state index contributed by atoms with van der Waals surface area (Å²) < 4.78 is 0. The third-order valence-corrected chi connectivity index (χ3v) is 1.76. The van der Waals surface area contributed by atoms with Crippen molar-refractivity contribution in [2.45, 2.75) is 20.1 Å². The van der Waals surface area contributed by atoms with Crippen LogP contribution in [0.25, 0.3) is 0 Å². The molecule has 0 unspecified atom stereocenters. The van der Waals surface area contributed by atoms with Gasteiger partial charge in [0.25, 0.3) is 0 Å². The first-order valence-electron chi connectivity index (χ1n) is 3.58. The fourth-order valence-electron chi connectivity index (χ4n) is 0.997. The summed E-state index contributed by atoms with van der Waals surface area (Å²) in [4.78, 5) is 3.84. The molecular formula is C8H11CuNO3. The van der Waals surface area contributed by atoms with Gasteiger partial charge in [-0.25, -0.2) is 0 Å².